The molecule has 0 aliphatic heterocycles. The number of benzene rings is 3. The van der Waals surface area contributed by atoms with E-state index in [4.69, 9.17) is 10.5 Å². The Morgan fingerprint density at radius 2 is 1.75 bits per heavy atom. The van der Waals surface area contributed by atoms with E-state index in [9.17, 15) is 14.7 Å². The summed E-state index contributed by atoms with van der Waals surface area (Å²) in [7, 11) is 0. The Balaban J connectivity index is 1.71. The van der Waals surface area contributed by atoms with Crippen molar-refractivity contribution in [3.8, 4) is 5.75 Å². The molecule has 2 amide bonds. The molecule has 0 saturated carbocycles. The van der Waals surface area contributed by atoms with Crippen molar-refractivity contribution in [3.63, 3.8) is 0 Å². The molecule has 188 valence electrons. The van der Waals surface area contributed by atoms with E-state index < -0.39 is 17.6 Å². The van der Waals surface area contributed by atoms with E-state index in [2.05, 4.69) is 26.6 Å². The third kappa shape index (κ3) is 7.61. The first kappa shape index (κ1) is 26.8. The number of nitrogens with one attached hydrogen (secondary N) is 2. The van der Waals surface area contributed by atoms with Gasteiger partial charge in [0.15, 0.2) is 0 Å². The van der Waals surface area contributed by atoms with Gasteiger partial charge in [0, 0.05) is 21.1 Å². The van der Waals surface area contributed by atoms with Crippen molar-refractivity contribution in [3.05, 3.63) is 95.0 Å². The number of nitrogens with two attached hydrogens (primary N) is 1. The Kier molecular flexibility index (Phi) is 9.13. The van der Waals surface area contributed by atoms with Gasteiger partial charge in [-0.25, -0.2) is 4.79 Å². The van der Waals surface area contributed by atoms with Gasteiger partial charge in [0.1, 0.15) is 11.9 Å². The van der Waals surface area contributed by atoms with E-state index in [1.165, 1.54) is 6.08 Å². The van der Waals surface area contributed by atoms with Crippen molar-refractivity contribution < 1.29 is 19.4 Å². The summed E-state index contributed by atoms with van der Waals surface area (Å²) in [5.41, 5.74) is 7.41. The summed E-state index contributed by atoms with van der Waals surface area (Å²) in [6.07, 6.45) is 2.94. The number of nitrogen functional groups attached to an aromatic ring is 1. The molecule has 8 heteroatoms. The fraction of sp³-hybridized carbons (Fsp3) is 0.214. The zero-order valence-electron chi connectivity index (χ0n) is 20.2. The lowest BCUT2D eigenvalue weighted by Crippen LogP contribution is -2.29. The quantitative estimate of drug-likeness (QED) is 0.168. The van der Waals surface area contributed by atoms with Crippen molar-refractivity contribution in [1.29, 1.82) is 0 Å². The number of aromatic hydroxyl groups is 1. The third-order valence-corrected chi connectivity index (χ3v) is 6.16. The van der Waals surface area contributed by atoms with Gasteiger partial charge in [0.05, 0.1) is 11.4 Å². The molecule has 0 aromatic heterocycles. The fourth-order valence-electron chi connectivity index (χ4n) is 3.72. The maximum absolute atomic E-state index is 12.8. The Labute approximate surface area is 219 Å². The smallest absolute Gasteiger partial charge is 0.412 e. The standard InChI is InChI=1S/C28H30BrN3O4/c1-28(2,17-9-8-14-25(34)32-23-13-7-6-12-22(23)30)26(21-18-19(29)15-16-24(21)33)36-27(35)31-20-10-4-3-5-11-20/h3-8,10-16,18,26,33H,9,17,30H2,1-2H3,(H,31,35)(H,32,34)/b14-8+/t26-/m0/s1. The Morgan fingerprint density at radius 3 is 2.47 bits per heavy atom. The first-order chi connectivity index (χ1) is 17.2. The van der Waals surface area contributed by atoms with Crippen molar-refractivity contribution >= 4 is 45.0 Å². The zero-order chi connectivity index (χ0) is 26.1. The molecule has 7 nitrogen and oxygen atoms in total. The largest absolute Gasteiger partial charge is 0.508 e. The average Bonchev–Trinajstić information content (AvgIpc) is 2.84. The number of phenolic OH excluding ortho intramolecular Hbond substituents is 1. The van der Waals surface area contributed by atoms with Crippen molar-refractivity contribution in [2.75, 3.05) is 16.4 Å². The molecule has 0 radical (unpaired) electrons. The second-order valence-electron chi connectivity index (χ2n) is 8.99. The monoisotopic (exact) mass is 551 g/mol. The number of hydrogen-bond acceptors (Lipinski definition) is 5. The van der Waals surface area contributed by atoms with Gasteiger partial charge in [0.2, 0.25) is 5.91 Å². The van der Waals surface area contributed by atoms with Crippen molar-refractivity contribution in [1.82, 2.24) is 0 Å². The fourth-order valence-corrected chi connectivity index (χ4v) is 4.10. The lowest BCUT2D eigenvalue weighted by Gasteiger charge is -2.34. The molecule has 1 atom stereocenters. The van der Waals surface area contributed by atoms with Gasteiger partial charge < -0.3 is 20.9 Å². The lowest BCUT2D eigenvalue weighted by molar-refractivity contribution is -0.111. The predicted octanol–water partition coefficient (Wildman–Crippen LogP) is 7.03. The first-order valence-electron chi connectivity index (χ1n) is 11.5. The van der Waals surface area contributed by atoms with Crippen LogP contribution < -0.4 is 16.4 Å². The molecule has 0 heterocycles. The molecule has 3 aromatic rings. The maximum atomic E-state index is 12.8. The molecule has 0 spiro atoms. The highest BCUT2D eigenvalue weighted by molar-refractivity contribution is 9.10. The van der Waals surface area contributed by atoms with E-state index >= 15 is 0 Å². The van der Waals surface area contributed by atoms with Crippen molar-refractivity contribution in [2.24, 2.45) is 5.41 Å². The van der Waals surface area contributed by atoms with Gasteiger partial charge in [-0.3, -0.25) is 10.1 Å². The summed E-state index contributed by atoms with van der Waals surface area (Å²) < 4.78 is 6.61. The Morgan fingerprint density at radius 1 is 1.06 bits per heavy atom. The molecule has 0 saturated heterocycles. The van der Waals surface area contributed by atoms with Gasteiger partial charge in [-0.2, -0.15) is 0 Å². The summed E-state index contributed by atoms with van der Waals surface area (Å²) in [5.74, 6) is -0.260. The molecule has 0 bridgehead atoms. The van der Waals surface area contributed by atoms with Gasteiger partial charge in [0.25, 0.3) is 0 Å². The van der Waals surface area contributed by atoms with Gasteiger partial charge in [-0.05, 0) is 61.4 Å². The minimum absolute atomic E-state index is 0.0270. The molecule has 0 fully saturated rings. The molecular weight excluding hydrogens is 522 g/mol. The van der Waals surface area contributed by atoms with E-state index in [0.717, 1.165) is 4.47 Å². The van der Waals surface area contributed by atoms with E-state index in [1.54, 1.807) is 60.7 Å². The van der Waals surface area contributed by atoms with Crippen LogP contribution in [0.15, 0.2) is 89.4 Å². The molecule has 5 N–H and O–H groups in total. The summed E-state index contributed by atoms with van der Waals surface area (Å²) in [6.45, 7) is 3.90. The number of anilines is 3. The predicted molar refractivity (Wildman–Crippen MR) is 147 cm³/mol. The van der Waals surface area contributed by atoms with E-state index in [0.29, 0.717) is 35.5 Å². The van der Waals surface area contributed by atoms with Crippen LogP contribution in [0.5, 0.6) is 5.75 Å². The SMILES string of the molecule is CC(C)(CC/C=C/C(=O)Nc1ccccc1N)[C@@H](OC(=O)Nc1ccccc1)c1cc(Br)ccc1O. The number of rotatable bonds is 9. The number of para-hydroxylation sites is 3. The number of allylic oxidation sites excluding steroid dienone is 1. The minimum Gasteiger partial charge on any atom is -0.508 e. The number of hydrogen-bond donors (Lipinski definition) is 4. The Hall–Kier alpha value is -3.78. The molecule has 36 heavy (non-hydrogen) atoms. The van der Waals surface area contributed by atoms with Crippen LogP contribution >= 0.6 is 15.9 Å². The van der Waals surface area contributed by atoms with Crippen LogP contribution in [0.25, 0.3) is 0 Å². The summed E-state index contributed by atoms with van der Waals surface area (Å²) >= 11 is 3.43. The molecule has 3 rings (SSSR count). The highest BCUT2D eigenvalue weighted by Gasteiger charge is 2.35. The highest BCUT2D eigenvalue weighted by atomic mass is 79.9. The number of carbonyl (C=O) groups excluding carboxylic acids is 2. The van der Waals surface area contributed by atoms with Crippen LogP contribution in [0.1, 0.15) is 38.4 Å². The van der Waals surface area contributed by atoms with Crippen LogP contribution in [0.4, 0.5) is 21.9 Å². The van der Waals surface area contributed by atoms with E-state index in [-0.39, 0.29) is 11.7 Å². The van der Waals surface area contributed by atoms with Crippen LogP contribution in [-0.2, 0) is 9.53 Å². The second kappa shape index (κ2) is 12.3. The minimum atomic E-state index is -0.759. The summed E-state index contributed by atoms with van der Waals surface area (Å²) in [5, 5.41) is 16.0. The molecule has 0 unspecified atom stereocenters. The van der Waals surface area contributed by atoms with Gasteiger partial charge >= 0.3 is 6.09 Å². The topological polar surface area (TPSA) is 114 Å². The number of ether oxygens (including phenoxy) is 1. The van der Waals surface area contributed by atoms with Crippen LogP contribution in [0.2, 0.25) is 0 Å². The number of phenols is 1. The number of carbonyl (C=O) groups is 2. The lowest BCUT2D eigenvalue weighted by atomic mass is 9.78. The third-order valence-electron chi connectivity index (χ3n) is 5.67. The van der Waals surface area contributed by atoms with Gasteiger partial charge in [-0.1, -0.05) is 66.2 Å². The zero-order valence-corrected chi connectivity index (χ0v) is 21.8. The summed E-state index contributed by atoms with van der Waals surface area (Å²) in [4.78, 5) is 25.0. The normalized spacial score (nSPS) is 12.2. The highest BCUT2D eigenvalue weighted by Crippen LogP contribution is 2.44. The number of amides is 2. The van der Waals surface area contributed by atoms with Crippen LogP contribution in [0, 0.1) is 5.41 Å². The van der Waals surface area contributed by atoms with E-state index in [1.807, 2.05) is 32.0 Å². The van der Waals surface area contributed by atoms with Gasteiger partial charge in [-0.15, -0.1) is 0 Å². The van der Waals surface area contributed by atoms with Crippen LogP contribution in [0.3, 0.4) is 0 Å². The first-order valence-corrected chi connectivity index (χ1v) is 12.3. The number of halogens is 1. The summed E-state index contributed by atoms with van der Waals surface area (Å²) in [6, 6.07) is 21.0. The molecular formula is C28H30BrN3O4. The maximum Gasteiger partial charge on any atom is 0.412 e. The van der Waals surface area contributed by atoms with Crippen LogP contribution in [-0.4, -0.2) is 17.1 Å². The second-order valence-corrected chi connectivity index (χ2v) is 9.90. The molecule has 0 aliphatic rings. The van der Waals surface area contributed by atoms with Crippen molar-refractivity contribution in [2.45, 2.75) is 32.8 Å². The Bertz CT molecular complexity index is 1230. The molecule has 0 aliphatic carbocycles. The average molecular weight is 552 g/mol. The molecule has 3 aromatic carbocycles.